The van der Waals surface area contributed by atoms with Crippen molar-refractivity contribution in [3.05, 3.63) is 69.5 Å². The molecule has 12 heteroatoms. The minimum atomic E-state index is -0.778. The monoisotopic (exact) mass is 555 g/mol. The topological polar surface area (TPSA) is 117 Å². The molecule has 1 fully saturated rings. The highest BCUT2D eigenvalue weighted by Crippen LogP contribution is 2.50. The molecule has 2 N–H and O–H groups in total. The number of nitriles is 1. The molecule has 37 heavy (non-hydrogen) atoms. The third-order valence-electron chi connectivity index (χ3n) is 5.72. The summed E-state index contributed by atoms with van der Waals surface area (Å²) in [4.78, 5) is 33.4. The summed E-state index contributed by atoms with van der Waals surface area (Å²) in [7, 11) is 0. The molecule has 1 saturated carbocycles. The Morgan fingerprint density at radius 3 is 2.65 bits per heavy atom. The summed E-state index contributed by atoms with van der Waals surface area (Å²) in [5.74, 6) is -1.48. The summed E-state index contributed by atoms with van der Waals surface area (Å²) >= 11 is 13.8. The van der Waals surface area contributed by atoms with E-state index in [2.05, 4.69) is 26.7 Å². The van der Waals surface area contributed by atoms with E-state index < -0.39 is 17.1 Å². The Morgan fingerprint density at radius 1 is 1.16 bits per heavy atom. The van der Waals surface area contributed by atoms with Gasteiger partial charge in [-0.1, -0.05) is 46.7 Å². The van der Waals surface area contributed by atoms with Gasteiger partial charge in [0.05, 0.1) is 32.8 Å². The van der Waals surface area contributed by atoms with Crippen molar-refractivity contribution in [3.63, 3.8) is 0 Å². The number of carbonyl (C=O) groups excluding carboxylic acids is 2. The second-order valence-electron chi connectivity index (χ2n) is 8.35. The fourth-order valence-corrected chi connectivity index (χ4v) is 5.17. The van der Waals surface area contributed by atoms with Gasteiger partial charge in [-0.3, -0.25) is 9.59 Å². The lowest BCUT2D eigenvalue weighted by molar-refractivity contribution is -0.114. The number of ether oxygens (including phenoxy) is 1. The lowest BCUT2D eigenvalue weighted by atomic mass is 9.95. The molecule has 2 heterocycles. The largest absolute Gasteiger partial charge is 0.437 e. The van der Waals surface area contributed by atoms with E-state index in [4.69, 9.17) is 27.9 Å². The molecule has 0 spiro atoms. The van der Waals surface area contributed by atoms with E-state index in [0.29, 0.717) is 33.9 Å². The maximum Gasteiger partial charge on any atom is 0.257 e. The fraction of sp³-hybridized carbons (Fsp3) is 0.160. The van der Waals surface area contributed by atoms with Crippen molar-refractivity contribution in [3.8, 4) is 17.7 Å². The number of thiazole rings is 1. The van der Waals surface area contributed by atoms with E-state index >= 15 is 0 Å². The number of carbonyl (C=O) groups is 2. The third-order valence-corrected chi connectivity index (χ3v) is 7.30. The van der Waals surface area contributed by atoms with Gasteiger partial charge < -0.3 is 15.4 Å². The zero-order valence-corrected chi connectivity index (χ0v) is 21.4. The number of benzene rings is 2. The van der Waals surface area contributed by atoms with Gasteiger partial charge in [-0.05, 0) is 36.6 Å². The van der Waals surface area contributed by atoms with Crippen LogP contribution in [0.1, 0.15) is 35.7 Å². The van der Waals surface area contributed by atoms with E-state index in [1.807, 2.05) is 0 Å². The number of fused-ring (bicyclic) bond motifs is 1. The van der Waals surface area contributed by atoms with Gasteiger partial charge in [0, 0.05) is 19.1 Å². The highest BCUT2D eigenvalue weighted by atomic mass is 35.5. The van der Waals surface area contributed by atoms with E-state index in [9.17, 15) is 19.2 Å². The molecular weight excluding hydrogens is 540 g/mol. The zero-order chi connectivity index (χ0) is 26.3. The minimum absolute atomic E-state index is 0.0367. The Labute approximate surface area is 224 Å². The average Bonchev–Trinajstić information content (AvgIpc) is 3.55. The lowest BCUT2D eigenvalue weighted by Gasteiger charge is -2.14. The van der Waals surface area contributed by atoms with Crippen LogP contribution in [0.3, 0.4) is 0 Å². The van der Waals surface area contributed by atoms with Crippen LogP contribution >= 0.6 is 34.5 Å². The maximum absolute atomic E-state index is 14.7. The Kier molecular flexibility index (Phi) is 6.45. The Bertz CT molecular complexity index is 1630. The van der Waals surface area contributed by atoms with Crippen molar-refractivity contribution in [2.75, 3.05) is 10.6 Å². The molecule has 1 aliphatic carbocycles. The van der Waals surface area contributed by atoms with Crippen LogP contribution in [0.15, 0.2) is 42.5 Å². The van der Waals surface area contributed by atoms with Crippen LogP contribution in [0, 0.1) is 17.1 Å². The van der Waals surface area contributed by atoms with Crippen molar-refractivity contribution in [2.45, 2.75) is 25.2 Å². The molecule has 4 aromatic rings. The number of anilines is 2. The molecule has 0 radical (unpaired) electrons. The van der Waals surface area contributed by atoms with Crippen LogP contribution in [0.5, 0.6) is 11.6 Å². The second-order valence-corrected chi connectivity index (χ2v) is 10.1. The van der Waals surface area contributed by atoms with Crippen molar-refractivity contribution < 1.29 is 18.7 Å². The van der Waals surface area contributed by atoms with Crippen molar-refractivity contribution in [1.82, 2.24) is 9.97 Å². The zero-order valence-electron chi connectivity index (χ0n) is 19.1. The first-order chi connectivity index (χ1) is 17.7. The Morgan fingerprint density at radius 2 is 1.95 bits per heavy atom. The predicted octanol–water partition coefficient (Wildman–Crippen LogP) is 6.70. The van der Waals surface area contributed by atoms with Crippen molar-refractivity contribution >= 4 is 67.5 Å². The van der Waals surface area contributed by atoms with Gasteiger partial charge in [-0.15, -0.1) is 0 Å². The van der Waals surface area contributed by atoms with Crippen LogP contribution in [-0.4, -0.2) is 21.8 Å². The summed E-state index contributed by atoms with van der Waals surface area (Å²) in [6.07, 6.45) is 1.33. The molecule has 0 atom stereocenters. The first kappa shape index (κ1) is 24.9. The molecule has 8 nitrogen and oxygen atoms in total. The Balaban J connectivity index is 1.40. The number of halogens is 3. The summed E-state index contributed by atoms with van der Waals surface area (Å²) in [6, 6.07) is 12.6. The third kappa shape index (κ3) is 4.93. The Hall–Kier alpha value is -3.78. The lowest BCUT2D eigenvalue weighted by Crippen LogP contribution is -2.15. The van der Waals surface area contributed by atoms with Gasteiger partial charge >= 0.3 is 0 Å². The number of nitrogens with one attached hydrogen (secondary N) is 2. The van der Waals surface area contributed by atoms with Gasteiger partial charge in [0.25, 0.3) is 5.91 Å². The minimum Gasteiger partial charge on any atom is -0.437 e. The molecule has 2 aromatic heterocycles. The second kappa shape index (κ2) is 9.59. The summed E-state index contributed by atoms with van der Waals surface area (Å²) < 4.78 is 20.5. The summed E-state index contributed by atoms with van der Waals surface area (Å²) in [6.45, 7) is 1.38. The van der Waals surface area contributed by atoms with E-state index in [1.165, 1.54) is 19.1 Å². The van der Waals surface area contributed by atoms with Crippen LogP contribution < -0.4 is 15.4 Å². The molecule has 0 aliphatic heterocycles. The molecule has 0 unspecified atom stereocenters. The normalized spacial score (nSPS) is 13.6. The SMILES string of the molecule is CC(=O)Nc1nc2ccc(Oc3cc(NC(=O)c4cccc(C5(C#N)CC5)c4Cl)c(F)cc3Cl)nc2s1. The molecule has 2 amide bonds. The van der Waals surface area contributed by atoms with Gasteiger partial charge in [-0.25, -0.2) is 14.4 Å². The molecule has 5 rings (SSSR count). The van der Waals surface area contributed by atoms with Gasteiger partial charge in [0.15, 0.2) is 5.13 Å². The number of hydrogen-bond donors (Lipinski definition) is 2. The quantitative estimate of drug-likeness (QED) is 0.273. The molecule has 186 valence electrons. The van der Waals surface area contributed by atoms with Crippen LogP contribution in [-0.2, 0) is 10.2 Å². The summed E-state index contributed by atoms with van der Waals surface area (Å²) in [5, 5.41) is 15.1. The molecule has 2 aromatic carbocycles. The highest BCUT2D eigenvalue weighted by Gasteiger charge is 2.46. The summed E-state index contributed by atoms with van der Waals surface area (Å²) in [5.41, 5.74) is 0.386. The predicted molar refractivity (Wildman–Crippen MR) is 139 cm³/mol. The van der Waals surface area contributed by atoms with Gasteiger partial charge in [0.1, 0.15) is 21.9 Å². The molecule has 1 aliphatic rings. The number of nitrogens with zero attached hydrogens (tertiary/aromatic N) is 3. The highest BCUT2D eigenvalue weighted by molar-refractivity contribution is 7.21. The number of amides is 2. The molecule has 0 saturated heterocycles. The standard InChI is InChI=1S/C25H16Cl2FN5O3S/c1-12(34)30-24-32-17-5-6-20(33-23(17)37-24)36-19-10-18(16(28)9-15(19)26)31-22(35)13-3-2-4-14(21(13)27)25(11-29)7-8-25/h2-6,9-10H,7-8H2,1H3,(H,31,35)(H,30,32,34). The number of rotatable bonds is 6. The average molecular weight is 556 g/mol. The maximum atomic E-state index is 14.7. The fourth-order valence-electron chi connectivity index (χ4n) is 3.71. The van der Waals surface area contributed by atoms with E-state index in [1.54, 1.807) is 24.3 Å². The first-order valence-corrected chi connectivity index (χ1v) is 12.5. The van der Waals surface area contributed by atoms with Crippen molar-refractivity contribution in [1.29, 1.82) is 5.26 Å². The smallest absolute Gasteiger partial charge is 0.257 e. The van der Waals surface area contributed by atoms with Gasteiger partial charge in [0.2, 0.25) is 11.8 Å². The number of pyridine rings is 1. The number of aromatic nitrogens is 2. The van der Waals surface area contributed by atoms with Crippen LogP contribution in [0.2, 0.25) is 10.0 Å². The molecule has 0 bridgehead atoms. The van der Waals surface area contributed by atoms with E-state index in [0.717, 1.165) is 17.4 Å². The number of hydrogen-bond acceptors (Lipinski definition) is 7. The molecular formula is C25H16Cl2FN5O3S. The van der Waals surface area contributed by atoms with Crippen LogP contribution in [0.25, 0.3) is 10.3 Å². The van der Waals surface area contributed by atoms with Crippen LogP contribution in [0.4, 0.5) is 15.2 Å². The van der Waals surface area contributed by atoms with Gasteiger partial charge in [-0.2, -0.15) is 5.26 Å². The van der Waals surface area contributed by atoms with E-state index in [-0.39, 0.29) is 38.8 Å². The van der Waals surface area contributed by atoms with Crippen molar-refractivity contribution in [2.24, 2.45) is 0 Å². The first-order valence-electron chi connectivity index (χ1n) is 10.9.